The Bertz CT molecular complexity index is 514. The number of hydrogen-bond acceptors (Lipinski definition) is 3. The van der Waals surface area contributed by atoms with Crippen LogP contribution in [-0.4, -0.2) is 6.54 Å². The highest BCUT2D eigenvalue weighted by atomic mass is 79.9. The lowest BCUT2D eigenvalue weighted by Crippen LogP contribution is -2.22. The Morgan fingerprint density at radius 2 is 1.95 bits per heavy atom. The lowest BCUT2D eigenvalue weighted by Gasteiger charge is -2.18. The molecule has 1 atom stereocenters. The van der Waals surface area contributed by atoms with Gasteiger partial charge in [0.05, 0.1) is 13.6 Å². The summed E-state index contributed by atoms with van der Waals surface area (Å²) in [6, 6.07) is 4.78. The molecule has 0 aliphatic heterocycles. The van der Waals surface area contributed by atoms with E-state index < -0.39 is 0 Å². The van der Waals surface area contributed by atoms with E-state index in [0.29, 0.717) is 0 Å². The molecule has 0 aliphatic rings. The van der Waals surface area contributed by atoms with Crippen molar-refractivity contribution in [2.24, 2.45) is 0 Å². The lowest BCUT2D eigenvalue weighted by molar-refractivity contribution is 0.604. The van der Waals surface area contributed by atoms with Gasteiger partial charge in [-0.15, -0.1) is 22.7 Å². The van der Waals surface area contributed by atoms with E-state index in [0.717, 1.165) is 13.0 Å². The average Bonchev–Trinajstić information content (AvgIpc) is 2.83. The Morgan fingerprint density at radius 3 is 2.42 bits per heavy atom. The van der Waals surface area contributed by atoms with Crippen LogP contribution in [0, 0.1) is 13.8 Å². The molecule has 19 heavy (non-hydrogen) atoms. The summed E-state index contributed by atoms with van der Waals surface area (Å²) in [5, 5.41) is 3.68. The minimum atomic E-state index is 0.288. The van der Waals surface area contributed by atoms with E-state index in [1.165, 1.54) is 28.5 Å². The minimum absolute atomic E-state index is 0.288. The molecule has 5 heteroatoms. The fraction of sp³-hybridized carbons (Fsp3) is 0.429. The van der Waals surface area contributed by atoms with Crippen LogP contribution in [0.1, 0.15) is 40.3 Å². The van der Waals surface area contributed by atoms with Gasteiger partial charge in [-0.1, -0.05) is 6.92 Å². The Balaban J connectivity index is 2.41. The van der Waals surface area contributed by atoms with Crippen LogP contribution in [0.3, 0.4) is 0 Å². The molecule has 1 unspecified atom stereocenters. The number of aryl methyl sites for hydroxylation is 2. The number of halogens is 2. The number of thiophene rings is 2. The van der Waals surface area contributed by atoms with Crippen molar-refractivity contribution in [2.45, 2.75) is 33.2 Å². The van der Waals surface area contributed by atoms with Crippen molar-refractivity contribution in [2.75, 3.05) is 6.54 Å². The van der Waals surface area contributed by atoms with E-state index >= 15 is 0 Å². The molecule has 1 nitrogen and oxygen atoms in total. The van der Waals surface area contributed by atoms with Gasteiger partial charge < -0.3 is 5.32 Å². The van der Waals surface area contributed by atoms with Gasteiger partial charge in [0, 0.05) is 15.3 Å². The maximum atomic E-state index is 3.69. The molecule has 0 aromatic carbocycles. The Labute approximate surface area is 139 Å². The van der Waals surface area contributed by atoms with Crippen LogP contribution in [0.2, 0.25) is 0 Å². The van der Waals surface area contributed by atoms with Crippen LogP contribution in [0.25, 0.3) is 0 Å². The third-order valence-corrected chi connectivity index (χ3v) is 6.54. The summed E-state index contributed by atoms with van der Waals surface area (Å²) >= 11 is 10.9. The van der Waals surface area contributed by atoms with Crippen LogP contribution in [-0.2, 0) is 0 Å². The largest absolute Gasteiger partial charge is 0.306 e. The highest BCUT2D eigenvalue weighted by Crippen LogP contribution is 2.40. The average molecular weight is 423 g/mol. The smallest absolute Gasteiger partial charge is 0.0762 e. The van der Waals surface area contributed by atoms with Crippen LogP contribution < -0.4 is 5.32 Å². The van der Waals surface area contributed by atoms with Gasteiger partial charge >= 0.3 is 0 Å². The third-order valence-electron chi connectivity index (χ3n) is 2.93. The second kappa shape index (κ2) is 6.85. The number of hydrogen-bond donors (Lipinski definition) is 1. The molecule has 2 heterocycles. The molecule has 2 aromatic heterocycles. The number of rotatable bonds is 5. The van der Waals surface area contributed by atoms with Gasteiger partial charge in [-0.25, -0.2) is 0 Å². The molecule has 104 valence electrons. The molecular weight excluding hydrogens is 406 g/mol. The summed E-state index contributed by atoms with van der Waals surface area (Å²) in [5.74, 6) is 0. The van der Waals surface area contributed by atoms with E-state index in [1.807, 2.05) is 11.3 Å². The second-order valence-corrected chi connectivity index (χ2v) is 9.61. The monoisotopic (exact) mass is 421 g/mol. The quantitative estimate of drug-likeness (QED) is 0.619. The molecule has 1 N–H and O–H groups in total. The van der Waals surface area contributed by atoms with E-state index in [4.69, 9.17) is 0 Å². The first kappa shape index (κ1) is 15.7. The first-order valence-electron chi connectivity index (χ1n) is 6.28. The van der Waals surface area contributed by atoms with Crippen LogP contribution in [0.15, 0.2) is 19.7 Å². The molecule has 2 aromatic rings. The van der Waals surface area contributed by atoms with E-state index in [9.17, 15) is 0 Å². The molecule has 2 rings (SSSR count). The van der Waals surface area contributed by atoms with Crippen molar-refractivity contribution in [3.05, 3.63) is 40.6 Å². The van der Waals surface area contributed by atoms with Crippen LogP contribution in [0.4, 0.5) is 0 Å². The maximum absolute atomic E-state index is 3.69. The molecule has 0 fully saturated rings. The second-order valence-electron chi connectivity index (χ2n) is 4.57. The van der Waals surface area contributed by atoms with E-state index in [2.05, 4.69) is 70.1 Å². The zero-order chi connectivity index (χ0) is 14.0. The zero-order valence-electron chi connectivity index (χ0n) is 11.2. The molecule has 0 radical (unpaired) electrons. The summed E-state index contributed by atoms with van der Waals surface area (Å²) in [6.07, 6.45) is 1.14. The molecule has 0 spiro atoms. The standard InChI is InChI=1S/C14H17Br2NS2/c1-4-5-17-12(10-7-11(15)19-14(10)16)13-8(2)6-9(3)18-13/h6-7,12,17H,4-5H2,1-3H3. The SMILES string of the molecule is CCCNC(c1cc(Br)sc1Br)c1sc(C)cc1C. The van der Waals surface area contributed by atoms with Crippen molar-refractivity contribution in [1.82, 2.24) is 5.32 Å². The van der Waals surface area contributed by atoms with E-state index in [1.54, 1.807) is 11.3 Å². The summed E-state index contributed by atoms with van der Waals surface area (Å²) in [4.78, 5) is 2.80. The molecule has 0 bridgehead atoms. The summed E-state index contributed by atoms with van der Waals surface area (Å²) in [5.41, 5.74) is 2.71. The van der Waals surface area contributed by atoms with Crippen LogP contribution >= 0.6 is 54.5 Å². The highest BCUT2D eigenvalue weighted by Gasteiger charge is 2.21. The Morgan fingerprint density at radius 1 is 1.21 bits per heavy atom. The van der Waals surface area contributed by atoms with Gasteiger partial charge in [0.15, 0.2) is 0 Å². The zero-order valence-corrected chi connectivity index (χ0v) is 16.0. The molecular formula is C14H17Br2NS2. The number of nitrogens with one attached hydrogen (secondary N) is 1. The van der Waals surface area contributed by atoms with Gasteiger partial charge in [0.1, 0.15) is 0 Å². The molecule has 0 saturated carbocycles. The van der Waals surface area contributed by atoms with Gasteiger partial charge in [0.2, 0.25) is 0 Å². The van der Waals surface area contributed by atoms with E-state index in [-0.39, 0.29) is 6.04 Å². The topological polar surface area (TPSA) is 12.0 Å². The minimum Gasteiger partial charge on any atom is -0.306 e. The van der Waals surface area contributed by atoms with Crippen molar-refractivity contribution >= 4 is 54.5 Å². The fourth-order valence-corrected chi connectivity index (χ4v) is 6.16. The summed E-state index contributed by atoms with van der Waals surface area (Å²) < 4.78 is 2.38. The first-order valence-corrected chi connectivity index (χ1v) is 9.49. The third kappa shape index (κ3) is 3.70. The van der Waals surface area contributed by atoms with Gasteiger partial charge in [0.25, 0.3) is 0 Å². The summed E-state index contributed by atoms with van der Waals surface area (Å²) in [7, 11) is 0. The molecule has 0 amide bonds. The highest BCUT2D eigenvalue weighted by molar-refractivity contribution is 9.12. The van der Waals surface area contributed by atoms with Crippen molar-refractivity contribution in [3.8, 4) is 0 Å². The van der Waals surface area contributed by atoms with Gasteiger partial charge in [-0.3, -0.25) is 0 Å². The lowest BCUT2D eigenvalue weighted by atomic mass is 10.1. The first-order chi connectivity index (χ1) is 9.02. The maximum Gasteiger partial charge on any atom is 0.0762 e. The van der Waals surface area contributed by atoms with Gasteiger partial charge in [-0.2, -0.15) is 0 Å². The Kier molecular flexibility index (Phi) is 5.66. The predicted molar refractivity (Wildman–Crippen MR) is 93.6 cm³/mol. The summed E-state index contributed by atoms with van der Waals surface area (Å²) in [6.45, 7) is 7.61. The van der Waals surface area contributed by atoms with Gasteiger partial charge in [-0.05, 0) is 76.4 Å². The fourth-order valence-electron chi connectivity index (χ4n) is 2.13. The van der Waals surface area contributed by atoms with Crippen molar-refractivity contribution in [3.63, 3.8) is 0 Å². The van der Waals surface area contributed by atoms with Crippen LogP contribution in [0.5, 0.6) is 0 Å². The molecule has 0 saturated heterocycles. The van der Waals surface area contributed by atoms with Crippen molar-refractivity contribution < 1.29 is 0 Å². The Hall–Kier alpha value is 0.320. The molecule has 0 aliphatic carbocycles. The van der Waals surface area contributed by atoms with Crippen molar-refractivity contribution in [1.29, 1.82) is 0 Å². The predicted octanol–water partition coefficient (Wildman–Crippen LogP) is 6.04. The normalized spacial score (nSPS) is 12.9.